The van der Waals surface area contributed by atoms with Crippen molar-refractivity contribution in [2.24, 2.45) is 0 Å². The van der Waals surface area contributed by atoms with E-state index in [-0.39, 0.29) is 6.61 Å². The highest BCUT2D eigenvalue weighted by Gasteiger charge is 2.19. The van der Waals surface area contributed by atoms with Crippen LogP contribution in [-0.4, -0.2) is 42.5 Å². The van der Waals surface area contributed by atoms with Crippen LogP contribution >= 0.6 is 0 Å². The number of ether oxygens (including phenoxy) is 2. The van der Waals surface area contributed by atoms with Crippen LogP contribution in [0, 0.1) is 0 Å². The molecule has 0 spiro atoms. The molecule has 0 heterocycles. The molecule has 0 aromatic heterocycles. The van der Waals surface area contributed by atoms with Crippen molar-refractivity contribution in [1.82, 2.24) is 5.32 Å². The second-order valence-electron chi connectivity index (χ2n) is 4.23. The Morgan fingerprint density at radius 2 is 2.00 bits per heavy atom. The van der Waals surface area contributed by atoms with Gasteiger partial charge in [-0.05, 0) is 26.7 Å². The van der Waals surface area contributed by atoms with Gasteiger partial charge in [-0.3, -0.25) is 0 Å². The zero-order valence-electron chi connectivity index (χ0n) is 10.6. The summed E-state index contributed by atoms with van der Waals surface area (Å²) < 4.78 is 9.95. The summed E-state index contributed by atoms with van der Waals surface area (Å²) in [6.45, 7) is 5.99. The molecule has 100 valence electrons. The predicted octanol–water partition coefficient (Wildman–Crippen LogP) is 1.39. The number of carbonyl (C=O) groups is 2. The van der Waals surface area contributed by atoms with Gasteiger partial charge in [0.2, 0.25) is 0 Å². The molecule has 0 radical (unpaired) electrons. The van der Waals surface area contributed by atoms with E-state index in [1.54, 1.807) is 0 Å². The Hall–Kier alpha value is -1.30. The number of hydrogen-bond donors (Lipinski definition) is 2. The van der Waals surface area contributed by atoms with E-state index in [4.69, 9.17) is 14.6 Å². The molecular formula is C11H21NO5. The van der Waals surface area contributed by atoms with Crippen molar-refractivity contribution in [2.75, 3.05) is 19.8 Å². The standard InChI is InChI=1S/C11H21NO5/c1-4-11(2,3)17-10(15)12-6-5-7-16-8-9(13)14/h4-8H2,1-3H3,(H,12,15)(H,13,14). The highest BCUT2D eigenvalue weighted by molar-refractivity contribution is 5.68. The average molecular weight is 247 g/mol. The molecule has 1 amide bonds. The van der Waals surface area contributed by atoms with Crippen molar-refractivity contribution in [3.8, 4) is 0 Å². The van der Waals surface area contributed by atoms with Crippen LogP contribution in [0.3, 0.4) is 0 Å². The Kier molecular flexibility index (Phi) is 7.29. The molecule has 0 unspecified atom stereocenters. The molecule has 0 saturated carbocycles. The van der Waals surface area contributed by atoms with Crippen molar-refractivity contribution >= 4 is 12.1 Å². The van der Waals surface area contributed by atoms with Crippen LogP contribution in [0.2, 0.25) is 0 Å². The summed E-state index contributed by atoms with van der Waals surface area (Å²) in [4.78, 5) is 21.4. The van der Waals surface area contributed by atoms with E-state index < -0.39 is 17.7 Å². The van der Waals surface area contributed by atoms with E-state index in [0.717, 1.165) is 6.42 Å². The van der Waals surface area contributed by atoms with Crippen LogP contribution in [0.15, 0.2) is 0 Å². The Balaban J connectivity index is 3.49. The van der Waals surface area contributed by atoms with Gasteiger partial charge in [0, 0.05) is 13.2 Å². The molecule has 17 heavy (non-hydrogen) atoms. The molecule has 6 heteroatoms. The smallest absolute Gasteiger partial charge is 0.407 e. The number of nitrogens with one attached hydrogen (secondary N) is 1. The van der Waals surface area contributed by atoms with Crippen LogP contribution in [0.5, 0.6) is 0 Å². The van der Waals surface area contributed by atoms with Crippen molar-refractivity contribution < 1.29 is 24.2 Å². The minimum atomic E-state index is -0.998. The van der Waals surface area contributed by atoms with Gasteiger partial charge in [0.15, 0.2) is 0 Å². The largest absolute Gasteiger partial charge is 0.480 e. The van der Waals surface area contributed by atoms with Crippen LogP contribution in [0.25, 0.3) is 0 Å². The maximum absolute atomic E-state index is 11.3. The second-order valence-corrected chi connectivity index (χ2v) is 4.23. The van der Waals surface area contributed by atoms with Gasteiger partial charge in [0.25, 0.3) is 0 Å². The molecule has 0 bridgehead atoms. The van der Waals surface area contributed by atoms with Crippen molar-refractivity contribution in [2.45, 2.75) is 39.2 Å². The zero-order valence-corrected chi connectivity index (χ0v) is 10.6. The van der Waals surface area contributed by atoms with Crippen LogP contribution in [0.1, 0.15) is 33.6 Å². The topological polar surface area (TPSA) is 84.9 Å². The van der Waals surface area contributed by atoms with Gasteiger partial charge in [0.1, 0.15) is 12.2 Å². The first-order chi connectivity index (χ1) is 7.87. The van der Waals surface area contributed by atoms with Crippen LogP contribution in [-0.2, 0) is 14.3 Å². The number of carboxylic acids is 1. The number of carbonyl (C=O) groups excluding carboxylic acids is 1. The molecule has 0 aromatic carbocycles. The summed E-state index contributed by atoms with van der Waals surface area (Å²) in [5, 5.41) is 10.9. The third-order valence-electron chi connectivity index (χ3n) is 2.18. The van der Waals surface area contributed by atoms with E-state index >= 15 is 0 Å². The highest BCUT2D eigenvalue weighted by Crippen LogP contribution is 2.13. The minimum absolute atomic E-state index is 0.295. The molecule has 0 aliphatic carbocycles. The fraction of sp³-hybridized carbons (Fsp3) is 0.818. The molecular weight excluding hydrogens is 226 g/mol. The fourth-order valence-electron chi connectivity index (χ4n) is 0.883. The van der Waals surface area contributed by atoms with Gasteiger partial charge >= 0.3 is 12.1 Å². The van der Waals surface area contributed by atoms with E-state index in [9.17, 15) is 9.59 Å². The molecule has 0 atom stereocenters. The van der Waals surface area contributed by atoms with Crippen molar-refractivity contribution in [3.63, 3.8) is 0 Å². The summed E-state index contributed by atoms with van der Waals surface area (Å²) >= 11 is 0. The lowest BCUT2D eigenvalue weighted by molar-refractivity contribution is -0.142. The lowest BCUT2D eigenvalue weighted by atomic mass is 10.1. The first kappa shape index (κ1) is 15.7. The quantitative estimate of drug-likeness (QED) is 0.633. The van der Waals surface area contributed by atoms with E-state index in [1.807, 2.05) is 20.8 Å². The monoisotopic (exact) mass is 247 g/mol. The Bertz CT molecular complexity index is 252. The van der Waals surface area contributed by atoms with Crippen LogP contribution in [0.4, 0.5) is 4.79 Å². The third kappa shape index (κ3) is 9.62. The third-order valence-corrected chi connectivity index (χ3v) is 2.18. The summed E-state index contributed by atoms with van der Waals surface area (Å²) in [7, 11) is 0. The molecule has 6 nitrogen and oxygen atoms in total. The molecule has 0 fully saturated rings. The van der Waals surface area contributed by atoms with Gasteiger partial charge in [-0.1, -0.05) is 6.92 Å². The maximum atomic E-state index is 11.3. The Morgan fingerprint density at radius 1 is 1.35 bits per heavy atom. The minimum Gasteiger partial charge on any atom is -0.480 e. The van der Waals surface area contributed by atoms with Crippen LogP contribution < -0.4 is 5.32 Å². The zero-order chi connectivity index (χ0) is 13.3. The molecule has 0 saturated heterocycles. The predicted molar refractivity (Wildman–Crippen MR) is 61.9 cm³/mol. The molecule has 0 aliphatic heterocycles. The molecule has 0 rings (SSSR count). The lowest BCUT2D eigenvalue weighted by Gasteiger charge is -2.23. The molecule has 2 N–H and O–H groups in total. The van der Waals surface area contributed by atoms with Gasteiger partial charge in [-0.15, -0.1) is 0 Å². The summed E-state index contributed by atoms with van der Waals surface area (Å²) in [5.41, 5.74) is -0.468. The first-order valence-electron chi connectivity index (χ1n) is 5.64. The van der Waals surface area contributed by atoms with Gasteiger partial charge in [-0.25, -0.2) is 9.59 Å². The average Bonchev–Trinajstić information content (AvgIpc) is 2.22. The summed E-state index contributed by atoms with van der Waals surface area (Å²) in [6, 6.07) is 0. The highest BCUT2D eigenvalue weighted by atomic mass is 16.6. The van der Waals surface area contributed by atoms with Crippen molar-refractivity contribution in [1.29, 1.82) is 0 Å². The number of aliphatic carboxylic acids is 1. The number of hydrogen-bond acceptors (Lipinski definition) is 4. The van der Waals surface area contributed by atoms with Gasteiger partial charge in [-0.2, -0.15) is 0 Å². The fourth-order valence-corrected chi connectivity index (χ4v) is 0.883. The number of alkyl carbamates (subject to hydrolysis) is 1. The second kappa shape index (κ2) is 7.89. The normalized spacial score (nSPS) is 11.0. The van der Waals surface area contributed by atoms with E-state index in [0.29, 0.717) is 19.6 Å². The van der Waals surface area contributed by atoms with Gasteiger partial charge < -0.3 is 19.9 Å². The van der Waals surface area contributed by atoms with E-state index in [2.05, 4.69) is 5.32 Å². The summed E-state index contributed by atoms with van der Waals surface area (Å²) in [5.74, 6) is -0.998. The van der Waals surface area contributed by atoms with Crippen molar-refractivity contribution in [3.05, 3.63) is 0 Å². The Labute approximate surface area is 101 Å². The summed E-state index contributed by atoms with van der Waals surface area (Å²) in [6.07, 6.45) is 0.826. The SMILES string of the molecule is CCC(C)(C)OC(=O)NCCCOCC(=O)O. The maximum Gasteiger partial charge on any atom is 0.407 e. The van der Waals surface area contributed by atoms with Gasteiger partial charge in [0.05, 0.1) is 0 Å². The lowest BCUT2D eigenvalue weighted by Crippen LogP contribution is -2.34. The molecule has 0 aliphatic rings. The first-order valence-corrected chi connectivity index (χ1v) is 5.64. The number of amides is 1. The number of rotatable bonds is 8. The Morgan fingerprint density at radius 3 is 2.53 bits per heavy atom. The number of carboxylic acid groups (broad SMARTS) is 1. The van der Waals surface area contributed by atoms with E-state index in [1.165, 1.54) is 0 Å². The molecule has 0 aromatic rings.